The van der Waals surface area contributed by atoms with E-state index in [1.807, 2.05) is 12.1 Å². The first-order chi connectivity index (χ1) is 9.47. The van der Waals surface area contributed by atoms with Gasteiger partial charge in [-0.2, -0.15) is 0 Å². The number of nitrogens with zero attached hydrogens (tertiary/aromatic N) is 2. The average Bonchev–Trinajstić information content (AvgIpc) is 2.56. The second-order valence-electron chi connectivity index (χ2n) is 5.68. The molecule has 1 aromatic rings. The fourth-order valence-corrected chi connectivity index (χ4v) is 3.09. The monoisotopic (exact) mass is 316 g/mol. The summed E-state index contributed by atoms with van der Waals surface area (Å²) in [5.74, 6) is 0. The molecule has 1 heterocycles. The van der Waals surface area contributed by atoms with Gasteiger partial charge in [-0.05, 0) is 57.7 Å². The fourth-order valence-electron chi connectivity index (χ4n) is 2.77. The number of halogens is 2. The number of hydrogen-bond acceptors (Lipinski definition) is 3. The number of aliphatic hydroxyl groups is 1. The van der Waals surface area contributed by atoms with Crippen molar-refractivity contribution >= 4 is 23.2 Å². The van der Waals surface area contributed by atoms with Crippen molar-refractivity contribution in [3.05, 3.63) is 33.8 Å². The van der Waals surface area contributed by atoms with Gasteiger partial charge in [0.05, 0.1) is 16.1 Å². The molecule has 1 fully saturated rings. The first-order valence-electron chi connectivity index (χ1n) is 6.98. The Morgan fingerprint density at radius 1 is 1.25 bits per heavy atom. The molecule has 0 radical (unpaired) electrons. The maximum Gasteiger partial charge on any atom is 0.0747 e. The second-order valence-corrected chi connectivity index (χ2v) is 6.50. The highest BCUT2D eigenvalue weighted by Gasteiger charge is 2.27. The van der Waals surface area contributed by atoms with Crippen LogP contribution in [0.2, 0.25) is 10.0 Å². The Morgan fingerprint density at radius 3 is 2.70 bits per heavy atom. The van der Waals surface area contributed by atoms with Crippen LogP contribution in [-0.4, -0.2) is 60.8 Å². The molecule has 2 atom stereocenters. The topological polar surface area (TPSA) is 26.7 Å². The van der Waals surface area contributed by atoms with Gasteiger partial charge in [-0.25, -0.2) is 0 Å². The summed E-state index contributed by atoms with van der Waals surface area (Å²) in [5.41, 5.74) is 1.02. The molecule has 112 valence electrons. The summed E-state index contributed by atoms with van der Waals surface area (Å²) in [4.78, 5) is 4.54. The van der Waals surface area contributed by atoms with Gasteiger partial charge in [0.15, 0.2) is 0 Å². The smallest absolute Gasteiger partial charge is 0.0747 e. The third-order valence-corrected chi connectivity index (χ3v) is 4.73. The molecule has 0 amide bonds. The molecule has 2 rings (SSSR count). The lowest BCUT2D eigenvalue weighted by Crippen LogP contribution is -2.47. The quantitative estimate of drug-likeness (QED) is 0.928. The van der Waals surface area contributed by atoms with Crippen molar-refractivity contribution in [2.75, 3.05) is 33.7 Å². The molecule has 0 saturated carbocycles. The highest BCUT2D eigenvalue weighted by atomic mass is 35.5. The van der Waals surface area contributed by atoms with E-state index >= 15 is 0 Å². The molecule has 2 unspecified atom stereocenters. The normalized spacial score (nSPS) is 23.6. The summed E-state index contributed by atoms with van der Waals surface area (Å²) < 4.78 is 0. The number of rotatable bonds is 3. The molecule has 0 spiro atoms. The van der Waals surface area contributed by atoms with Gasteiger partial charge in [-0.15, -0.1) is 0 Å². The van der Waals surface area contributed by atoms with Crippen LogP contribution in [0.5, 0.6) is 0 Å². The minimum absolute atomic E-state index is 0.150. The summed E-state index contributed by atoms with van der Waals surface area (Å²) in [6.07, 6.45) is 1.33. The van der Waals surface area contributed by atoms with E-state index in [-0.39, 0.29) is 6.04 Å². The second kappa shape index (κ2) is 7.10. The molecule has 5 heteroatoms. The van der Waals surface area contributed by atoms with Crippen molar-refractivity contribution in [1.29, 1.82) is 0 Å². The maximum atomic E-state index is 10.6. The van der Waals surface area contributed by atoms with Crippen molar-refractivity contribution in [1.82, 2.24) is 9.80 Å². The van der Waals surface area contributed by atoms with Crippen molar-refractivity contribution in [2.45, 2.75) is 25.0 Å². The Balaban J connectivity index is 2.05. The van der Waals surface area contributed by atoms with Crippen LogP contribution in [0.1, 0.15) is 12.0 Å². The molecule has 1 aromatic carbocycles. The number of likely N-dealkylation sites (N-methyl/N-ethyl adjacent to an activating group) is 2. The maximum absolute atomic E-state index is 10.6. The average molecular weight is 317 g/mol. The zero-order valence-electron chi connectivity index (χ0n) is 12.0. The van der Waals surface area contributed by atoms with Gasteiger partial charge >= 0.3 is 0 Å². The van der Waals surface area contributed by atoms with Crippen LogP contribution in [0.4, 0.5) is 0 Å². The lowest BCUT2D eigenvalue weighted by atomic mass is 10.0. The van der Waals surface area contributed by atoms with Gasteiger partial charge in [0, 0.05) is 12.6 Å². The largest absolute Gasteiger partial charge is 0.391 e. The molecule has 1 aliphatic heterocycles. The molecule has 1 aliphatic rings. The Morgan fingerprint density at radius 2 is 2.00 bits per heavy atom. The SMILES string of the molecule is CN1CCCN(C)C(C(O)Cc2ccc(Cl)c(Cl)c2)C1. The molecule has 1 N–H and O–H groups in total. The van der Waals surface area contributed by atoms with Gasteiger partial charge < -0.3 is 10.0 Å². The minimum atomic E-state index is -0.405. The molecular formula is C15H22Cl2N2O. The Kier molecular flexibility index (Phi) is 5.70. The number of benzene rings is 1. The summed E-state index contributed by atoms with van der Waals surface area (Å²) in [7, 11) is 4.19. The lowest BCUT2D eigenvalue weighted by molar-refractivity contribution is 0.0581. The van der Waals surface area contributed by atoms with Crippen LogP contribution in [0.15, 0.2) is 18.2 Å². The standard InChI is InChI=1S/C15H22Cl2N2O/c1-18-6-3-7-19(2)14(10-18)15(20)9-11-4-5-12(16)13(17)8-11/h4-5,8,14-15,20H,3,6-7,9-10H2,1-2H3. The van der Waals surface area contributed by atoms with Gasteiger partial charge in [0.25, 0.3) is 0 Å². The molecule has 20 heavy (non-hydrogen) atoms. The summed E-state index contributed by atoms with van der Waals surface area (Å²) in [5, 5.41) is 11.7. The Hall–Kier alpha value is -0.320. The van der Waals surface area contributed by atoms with Gasteiger partial charge in [0.2, 0.25) is 0 Å². The molecule has 0 bridgehead atoms. The van der Waals surface area contributed by atoms with Crippen LogP contribution >= 0.6 is 23.2 Å². The minimum Gasteiger partial charge on any atom is -0.391 e. The highest BCUT2D eigenvalue weighted by Crippen LogP contribution is 2.24. The van der Waals surface area contributed by atoms with Crippen LogP contribution in [0, 0.1) is 0 Å². The lowest BCUT2D eigenvalue weighted by Gasteiger charge is -2.31. The van der Waals surface area contributed by atoms with Crippen LogP contribution < -0.4 is 0 Å². The first-order valence-corrected chi connectivity index (χ1v) is 7.73. The van der Waals surface area contributed by atoms with Crippen LogP contribution in [0.3, 0.4) is 0 Å². The van der Waals surface area contributed by atoms with E-state index in [4.69, 9.17) is 23.2 Å². The molecule has 0 aliphatic carbocycles. The van der Waals surface area contributed by atoms with Crippen LogP contribution in [-0.2, 0) is 6.42 Å². The molecule has 1 saturated heterocycles. The zero-order chi connectivity index (χ0) is 14.7. The van der Waals surface area contributed by atoms with E-state index < -0.39 is 6.10 Å². The van der Waals surface area contributed by atoms with Crippen molar-refractivity contribution in [3.8, 4) is 0 Å². The Bertz CT molecular complexity index is 455. The third-order valence-electron chi connectivity index (χ3n) is 3.99. The first kappa shape index (κ1) is 16.1. The van der Waals surface area contributed by atoms with Crippen molar-refractivity contribution < 1.29 is 5.11 Å². The zero-order valence-corrected chi connectivity index (χ0v) is 13.5. The van der Waals surface area contributed by atoms with Gasteiger partial charge in [-0.3, -0.25) is 4.90 Å². The molecular weight excluding hydrogens is 295 g/mol. The third kappa shape index (κ3) is 4.09. The van der Waals surface area contributed by atoms with E-state index in [2.05, 4.69) is 23.9 Å². The predicted molar refractivity (Wildman–Crippen MR) is 84.7 cm³/mol. The van der Waals surface area contributed by atoms with E-state index in [1.54, 1.807) is 6.07 Å². The van der Waals surface area contributed by atoms with Crippen molar-refractivity contribution in [2.24, 2.45) is 0 Å². The van der Waals surface area contributed by atoms with E-state index in [0.717, 1.165) is 31.6 Å². The van der Waals surface area contributed by atoms with E-state index in [1.165, 1.54) is 0 Å². The van der Waals surface area contributed by atoms with Gasteiger partial charge in [-0.1, -0.05) is 29.3 Å². The summed E-state index contributed by atoms with van der Waals surface area (Å²) in [6.45, 7) is 2.99. The van der Waals surface area contributed by atoms with Crippen LogP contribution in [0.25, 0.3) is 0 Å². The number of aliphatic hydroxyl groups excluding tert-OH is 1. The van der Waals surface area contributed by atoms with Gasteiger partial charge in [0.1, 0.15) is 0 Å². The fraction of sp³-hybridized carbons (Fsp3) is 0.600. The molecule has 3 nitrogen and oxygen atoms in total. The highest BCUT2D eigenvalue weighted by molar-refractivity contribution is 6.42. The summed E-state index contributed by atoms with van der Waals surface area (Å²) in [6, 6.07) is 5.71. The Labute approximate surface area is 131 Å². The predicted octanol–water partition coefficient (Wildman–Crippen LogP) is 2.53. The summed E-state index contributed by atoms with van der Waals surface area (Å²) >= 11 is 11.9. The van der Waals surface area contributed by atoms with E-state index in [9.17, 15) is 5.11 Å². The number of hydrogen-bond donors (Lipinski definition) is 1. The molecule has 0 aromatic heterocycles. The van der Waals surface area contributed by atoms with E-state index in [0.29, 0.717) is 16.5 Å². The van der Waals surface area contributed by atoms with Crippen molar-refractivity contribution in [3.63, 3.8) is 0 Å².